The number of nitrogens with one attached hydrogen (secondary N) is 2. The first-order valence-electron chi connectivity index (χ1n) is 4.67. The predicted octanol–water partition coefficient (Wildman–Crippen LogP) is 1.67. The Hall–Kier alpha value is -2.37. The molecule has 1 aromatic carbocycles. The summed E-state index contributed by atoms with van der Waals surface area (Å²) in [5.74, 6) is -0.511. The number of fused-ring (bicyclic) bond motifs is 1. The van der Waals surface area contributed by atoms with Crippen molar-refractivity contribution in [2.24, 2.45) is 0 Å². The quantitative estimate of drug-likeness (QED) is 0.542. The Morgan fingerprint density at radius 3 is 2.88 bits per heavy atom. The zero-order valence-electron chi connectivity index (χ0n) is 8.16. The zero-order valence-corrected chi connectivity index (χ0v) is 8.16. The van der Waals surface area contributed by atoms with E-state index in [1.807, 2.05) is 0 Å². The molecule has 0 aliphatic rings. The van der Waals surface area contributed by atoms with Crippen molar-refractivity contribution in [2.75, 3.05) is 5.73 Å². The standard InChI is InChI=1S/C10H8FN5/c11-8-9(12)5(7-2-13-3-14-7)1-6-10(8)16-4-15-6/h1-4H,12H2,(H,13,14)(H,15,16). The van der Waals surface area contributed by atoms with Crippen LogP contribution in [0.3, 0.4) is 0 Å². The number of nitrogen functional groups attached to an aromatic ring is 1. The lowest BCUT2D eigenvalue weighted by molar-refractivity contribution is 0.642. The van der Waals surface area contributed by atoms with E-state index >= 15 is 0 Å². The summed E-state index contributed by atoms with van der Waals surface area (Å²) in [5.41, 5.74) is 7.90. The topological polar surface area (TPSA) is 83.4 Å². The zero-order chi connectivity index (χ0) is 11.1. The number of nitrogens with zero attached hydrogens (tertiary/aromatic N) is 2. The molecule has 0 bridgehead atoms. The monoisotopic (exact) mass is 217 g/mol. The Morgan fingerprint density at radius 2 is 2.12 bits per heavy atom. The molecule has 0 aliphatic carbocycles. The molecule has 80 valence electrons. The van der Waals surface area contributed by atoms with E-state index in [0.29, 0.717) is 16.8 Å². The summed E-state index contributed by atoms with van der Waals surface area (Å²) in [6.45, 7) is 0. The summed E-state index contributed by atoms with van der Waals surface area (Å²) in [4.78, 5) is 13.5. The number of aromatic amines is 2. The summed E-state index contributed by atoms with van der Waals surface area (Å²) in [5, 5.41) is 0. The van der Waals surface area contributed by atoms with Gasteiger partial charge < -0.3 is 15.7 Å². The van der Waals surface area contributed by atoms with Gasteiger partial charge in [-0.2, -0.15) is 0 Å². The van der Waals surface area contributed by atoms with Gasteiger partial charge in [-0.3, -0.25) is 0 Å². The smallest absolute Gasteiger partial charge is 0.174 e. The lowest BCUT2D eigenvalue weighted by Crippen LogP contribution is -1.96. The Labute approximate surface area is 89.5 Å². The van der Waals surface area contributed by atoms with Gasteiger partial charge >= 0.3 is 0 Å². The summed E-state index contributed by atoms with van der Waals surface area (Å²) in [6.07, 6.45) is 4.54. The van der Waals surface area contributed by atoms with Gasteiger partial charge in [0, 0.05) is 5.56 Å². The molecule has 0 atom stereocenters. The molecule has 6 heteroatoms. The molecule has 5 nitrogen and oxygen atoms in total. The van der Waals surface area contributed by atoms with E-state index in [1.54, 1.807) is 12.3 Å². The van der Waals surface area contributed by atoms with Gasteiger partial charge in [0.1, 0.15) is 5.52 Å². The maximum atomic E-state index is 13.8. The van der Waals surface area contributed by atoms with Crippen LogP contribution in [0.15, 0.2) is 24.9 Å². The lowest BCUT2D eigenvalue weighted by Gasteiger charge is -2.04. The van der Waals surface area contributed by atoms with Crippen LogP contribution >= 0.6 is 0 Å². The number of halogens is 1. The summed E-state index contributed by atoms with van der Waals surface area (Å²) in [6, 6.07) is 1.74. The van der Waals surface area contributed by atoms with Gasteiger partial charge in [-0.05, 0) is 6.07 Å². The van der Waals surface area contributed by atoms with Crippen molar-refractivity contribution in [1.82, 2.24) is 19.9 Å². The van der Waals surface area contributed by atoms with Crippen LogP contribution in [0.2, 0.25) is 0 Å². The van der Waals surface area contributed by atoms with E-state index in [1.165, 1.54) is 12.7 Å². The SMILES string of the molecule is Nc1c(-c2cnc[nH]2)cc2[nH]cnc2c1F. The highest BCUT2D eigenvalue weighted by atomic mass is 19.1. The van der Waals surface area contributed by atoms with Crippen molar-refractivity contribution in [3.05, 3.63) is 30.7 Å². The third-order valence-corrected chi connectivity index (χ3v) is 2.48. The minimum absolute atomic E-state index is 0.0730. The van der Waals surface area contributed by atoms with Crippen LogP contribution < -0.4 is 5.73 Å². The number of hydrogen-bond acceptors (Lipinski definition) is 3. The van der Waals surface area contributed by atoms with Gasteiger partial charge in [-0.25, -0.2) is 14.4 Å². The molecule has 2 aromatic heterocycles. The van der Waals surface area contributed by atoms with Crippen molar-refractivity contribution in [3.8, 4) is 11.3 Å². The number of imidazole rings is 2. The Morgan fingerprint density at radius 1 is 1.25 bits per heavy atom. The number of H-pyrrole nitrogens is 2. The largest absolute Gasteiger partial charge is 0.396 e. The lowest BCUT2D eigenvalue weighted by atomic mass is 10.1. The predicted molar refractivity (Wildman–Crippen MR) is 58.0 cm³/mol. The van der Waals surface area contributed by atoms with Gasteiger partial charge in [0.2, 0.25) is 0 Å². The molecule has 0 unspecified atom stereocenters. The van der Waals surface area contributed by atoms with E-state index in [2.05, 4.69) is 19.9 Å². The molecule has 0 saturated carbocycles. The fourth-order valence-electron chi connectivity index (χ4n) is 1.68. The molecule has 0 saturated heterocycles. The third kappa shape index (κ3) is 1.10. The minimum Gasteiger partial charge on any atom is -0.396 e. The summed E-state index contributed by atoms with van der Waals surface area (Å²) >= 11 is 0. The second kappa shape index (κ2) is 3.06. The Balaban J connectivity index is 2.37. The summed E-state index contributed by atoms with van der Waals surface area (Å²) < 4.78 is 13.8. The van der Waals surface area contributed by atoms with E-state index < -0.39 is 5.82 Å². The molecule has 16 heavy (non-hydrogen) atoms. The fraction of sp³-hybridized carbons (Fsp3) is 0. The van der Waals surface area contributed by atoms with E-state index in [-0.39, 0.29) is 11.2 Å². The molecule has 2 heterocycles. The number of benzene rings is 1. The second-order valence-corrected chi connectivity index (χ2v) is 3.42. The first-order chi connectivity index (χ1) is 7.77. The highest BCUT2D eigenvalue weighted by Gasteiger charge is 2.14. The average molecular weight is 217 g/mol. The number of anilines is 1. The third-order valence-electron chi connectivity index (χ3n) is 2.48. The van der Waals surface area contributed by atoms with Gasteiger partial charge in [-0.1, -0.05) is 0 Å². The molecule has 3 aromatic rings. The van der Waals surface area contributed by atoms with E-state index in [9.17, 15) is 4.39 Å². The van der Waals surface area contributed by atoms with Gasteiger partial charge in [0.05, 0.1) is 35.7 Å². The van der Waals surface area contributed by atoms with Crippen molar-refractivity contribution in [1.29, 1.82) is 0 Å². The second-order valence-electron chi connectivity index (χ2n) is 3.42. The fourth-order valence-corrected chi connectivity index (χ4v) is 1.68. The average Bonchev–Trinajstić information content (AvgIpc) is 2.92. The van der Waals surface area contributed by atoms with Crippen LogP contribution in [0.25, 0.3) is 22.3 Å². The molecule has 0 aliphatic heterocycles. The van der Waals surface area contributed by atoms with Crippen molar-refractivity contribution in [3.63, 3.8) is 0 Å². The number of aromatic nitrogens is 4. The molecule has 4 N–H and O–H groups in total. The summed E-state index contributed by atoms with van der Waals surface area (Å²) in [7, 11) is 0. The molecular weight excluding hydrogens is 209 g/mol. The van der Waals surface area contributed by atoms with Crippen molar-refractivity contribution < 1.29 is 4.39 Å². The first kappa shape index (κ1) is 8.90. The van der Waals surface area contributed by atoms with Gasteiger partial charge in [0.25, 0.3) is 0 Å². The van der Waals surface area contributed by atoms with E-state index in [4.69, 9.17) is 5.73 Å². The van der Waals surface area contributed by atoms with Crippen molar-refractivity contribution in [2.45, 2.75) is 0 Å². The minimum atomic E-state index is -0.511. The van der Waals surface area contributed by atoms with Crippen LogP contribution in [0.1, 0.15) is 0 Å². The number of rotatable bonds is 1. The highest BCUT2D eigenvalue weighted by molar-refractivity contribution is 5.89. The number of nitrogens with two attached hydrogens (primary N) is 1. The first-order valence-corrected chi connectivity index (χ1v) is 4.67. The van der Waals surface area contributed by atoms with Gasteiger partial charge in [-0.15, -0.1) is 0 Å². The van der Waals surface area contributed by atoms with Gasteiger partial charge in [0.15, 0.2) is 5.82 Å². The Kier molecular flexibility index (Phi) is 1.70. The molecular formula is C10H8FN5. The van der Waals surface area contributed by atoms with Crippen LogP contribution in [0.4, 0.5) is 10.1 Å². The normalized spacial score (nSPS) is 11.1. The van der Waals surface area contributed by atoms with Crippen molar-refractivity contribution >= 4 is 16.7 Å². The Bertz CT molecular complexity index is 641. The number of hydrogen-bond donors (Lipinski definition) is 3. The molecule has 0 fully saturated rings. The van der Waals surface area contributed by atoms with Crippen LogP contribution in [0.5, 0.6) is 0 Å². The highest BCUT2D eigenvalue weighted by Crippen LogP contribution is 2.30. The maximum absolute atomic E-state index is 13.8. The molecule has 0 amide bonds. The van der Waals surface area contributed by atoms with E-state index in [0.717, 1.165) is 0 Å². The van der Waals surface area contributed by atoms with Crippen LogP contribution in [0, 0.1) is 5.82 Å². The molecule has 3 rings (SSSR count). The molecule has 0 spiro atoms. The van der Waals surface area contributed by atoms with Crippen LogP contribution in [-0.2, 0) is 0 Å². The maximum Gasteiger partial charge on any atom is 0.174 e. The molecule has 0 radical (unpaired) electrons. The van der Waals surface area contributed by atoms with Crippen LogP contribution in [-0.4, -0.2) is 19.9 Å².